The number of hydrogen-bond donors (Lipinski definition) is 1. The van der Waals surface area contributed by atoms with Gasteiger partial charge in [-0.25, -0.2) is 4.79 Å². The summed E-state index contributed by atoms with van der Waals surface area (Å²) in [5.74, 6) is 1.29. The van der Waals surface area contributed by atoms with Crippen LogP contribution >= 0.6 is 0 Å². The van der Waals surface area contributed by atoms with Crippen LogP contribution in [-0.4, -0.2) is 12.1 Å². The predicted molar refractivity (Wildman–Crippen MR) is 73.8 cm³/mol. The molecule has 100 valence electrons. The van der Waals surface area contributed by atoms with Gasteiger partial charge in [0.2, 0.25) is 0 Å². The maximum absolute atomic E-state index is 11.6. The average molecular weight is 249 g/mol. The SMILES string of the molecule is CC(C)CCCC(C)NC(=O)Oc1ccccc1. The smallest absolute Gasteiger partial charge is 0.410 e. The van der Waals surface area contributed by atoms with Crippen molar-refractivity contribution < 1.29 is 9.53 Å². The van der Waals surface area contributed by atoms with Crippen molar-refractivity contribution in [1.29, 1.82) is 0 Å². The summed E-state index contributed by atoms with van der Waals surface area (Å²) in [6.45, 7) is 6.43. The fourth-order valence-electron chi connectivity index (χ4n) is 1.73. The molecule has 0 bridgehead atoms. The normalized spacial score (nSPS) is 12.2. The zero-order valence-electron chi connectivity index (χ0n) is 11.5. The van der Waals surface area contributed by atoms with E-state index < -0.39 is 0 Å². The maximum Gasteiger partial charge on any atom is 0.412 e. The van der Waals surface area contributed by atoms with Crippen molar-refractivity contribution >= 4 is 6.09 Å². The molecule has 0 aliphatic rings. The maximum atomic E-state index is 11.6. The Bertz CT molecular complexity index is 349. The third kappa shape index (κ3) is 6.28. The first-order chi connectivity index (χ1) is 8.58. The molecular weight excluding hydrogens is 226 g/mol. The number of hydrogen-bond acceptors (Lipinski definition) is 2. The zero-order valence-corrected chi connectivity index (χ0v) is 11.5. The summed E-state index contributed by atoms with van der Waals surface area (Å²) >= 11 is 0. The first kappa shape index (κ1) is 14.6. The monoisotopic (exact) mass is 249 g/mol. The van der Waals surface area contributed by atoms with Gasteiger partial charge in [0.15, 0.2) is 0 Å². The molecule has 18 heavy (non-hydrogen) atoms. The number of rotatable bonds is 6. The second kappa shape index (κ2) is 7.75. The lowest BCUT2D eigenvalue weighted by molar-refractivity contribution is 0.196. The minimum absolute atomic E-state index is 0.153. The van der Waals surface area contributed by atoms with Crippen molar-refractivity contribution in [3.63, 3.8) is 0 Å². The highest BCUT2D eigenvalue weighted by molar-refractivity contribution is 5.70. The van der Waals surface area contributed by atoms with Crippen LogP contribution in [0.3, 0.4) is 0 Å². The lowest BCUT2D eigenvalue weighted by Crippen LogP contribution is -2.34. The van der Waals surface area contributed by atoms with Gasteiger partial charge < -0.3 is 10.1 Å². The van der Waals surface area contributed by atoms with Crippen LogP contribution in [0, 0.1) is 5.92 Å². The van der Waals surface area contributed by atoms with Crippen LogP contribution in [0.25, 0.3) is 0 Å². The second-order valence-corrected chi connectivity index (χ2v) is 5.07. The van der Waals surface area contributed by atoms with Crippen molar-refractivity contribution in [3.8, 4) is 5.75 Å². The summed E-state index contributed by atoms with van der Waals surface area (Å²) in [6.07, 6.45) is 2.94. The van der Waals surface area contributed by atoms with E-state index in [1.807, 2.05) is 25.1 Å². The Morgan fingerprint density at radius 2 is 1.83 bits per heavy atom. The molecule has 0 saturated carbocycles. The van der Waals surface area contributed by atoms with E-state index in [0.29, 0.717) is 11.7 Å². The van der Waals surface area contributed by atoms with Crippen molar-refractivity contribution in [2.75, 3.05) is 0 Å². The number of ether oxygens (including phenoxy) is 1. The Balaban J connectivity index is 2.23. The molecule has 0 radical (unpaired) electrons. The van der Waals surface area contributed by atoms with Crippen molar-refractivity contribution in [2.45, 2.75) is 46.1 Å². The Hall–Kier alpha value is -1.51. The molecule has 1 aromatic rings. The van der Waals surface area contributed by atoms with Gasteiger partial charge in [-0.3, -0.25) is 0 Å². The van der Waals surface area contributed by atoms with Gasteiger partial charge >= 0.3 is 6.09 Å². The van der Waals surface area contributed by atoms with E-state index in [0.717, 1.165) is 12.8 Å². The van der Waals surface area contributed by atoms with Crippen LogP contribution in [0.1, 0.15) is 40.0 Å². The van der Waals surface area contributed by atoms with Gasteiger partial charge in [-0.15, -0.1) is 0 Å². The predicted octanol–water partition coefficient (Wildman–Crippen LogP) is 3.99. The number of nitrogens with one attached hydrogen (secondary N) is 1. The summed E-state index contributed by atoms with van der Waals surface area (Å²) in [6, 6.07) is 9.26. The Morgan fingerprint density at radius 1 is 1.17 bits per heavy atom. The van der Waals surface area contributed by atoms with Gasteiger partial charge in [0.05, 0.1) is 0 Å². The van der Waals surface area contributed by atoms with Crippen LogP contribution in [0.5, 0.6) is 5.75 Å². The molecule has 1 rings (SSSR count). The highest BCUT2D eigenvalue weighted by Crippen LogP contribution is 2.10. The zero-order chi connectivity index (χ0) is 13.4. The van der Waals surface area contributed by atoms with Gasteiger partial charge in [-0.1, -0.05) is 44.9 Å². The van der Waals surface area contributed by atoms with Gasteiger partial charge in [0, 0.05) is 6.04 Å². The van der Waals surface area contributed by atoms with Gasteiger partial charge in [-0.2, -0.15) is 0 Å². The molecule has 0 fully saturated rings. The molecule has 1 atom stereocenters. The molecule has 3 heteroatoms. The lowest BCUT2D eigenvalue weighted by atomic mass is 10.0. The Kier molecular flexibility index (Phi) is 6.26. The molecule has 1 unspecified atom stereocenters. The van der Waals surface area contributed by atoms with Gasteiger partial charge in [-0.05, 0) is 31.4 Å². The molecule has 1 amide bonds. The summed E-state index contributed by atoms with van der Waals surface area (Å²) in [5.41, 5.74) is 0. The standard InChI is InChI=1S/C15H23NO2/c1-12(2)8-7-9-13(3)16-15(17)18-14-10-5-4-6-11-14/h4-6,10-13H,7-9H2,1-3H3,(H,16,17). The minimum atomic E-state index is -0.377. The van der Waals surface area contributed by atoms with Crippen molar-refractivity contribution in [2.24, 2.45) is 5.92 Å². The van der Waals surface area contributed by atoms with Crippen LogP contribution < -0.4 is 10.1 Å². The van der Waals surface area contributed by atoms with Gasteiger partial charge in [0.1, 0.15) is 5.75 Å². The third-order valence-electron chi connectivity index (χ3n) is 2.74. The Labute approximate surface area is 110 Å². The number of para-hydroxylation sites is 1. The van der Waals surface area contributed by atoms with E-state index in [1.165, 1.54) is 6.42 Å². The fourth-order valence-corrected chi connectivity index (χ4v) is 1.73. The van der Waals surface area contributed by atoms with E-state index >= 15 is 0 Å². The number of benzene rings is 1. The minimum Gasteiger partial charge on any atom is -0.410 e. The molecule has 0 spiro atoms. The van der Waals surface area contributed by atoms with E-state index in [1.54, 1.807) is 12.1 Å². The summed E-state index contributed by atoms with van der Waals surface area (Å²) in [4.78, 5) is 11.6. The second-order valence-electron chi connectivity index (χ2n) is 5.07. The molecule has 0 heterocycles. The molecule has 1 N–H and O–H groups in total. The van der Waals surface area contributed by atoms with Crippen molar-refractivity contribution in [3.05, 3.63) is 30.3 Å². The highest BCUT2D eigenvalue weighted by atomic mass is 16.6. The summed E-state index contributed by atoms with van der Waals surface area (Å²) in [5, 5.41) is 2.84. The van der Waals surface area contributed by atoms with E-state index in [2.05, 4.69) is 19.2 Å². The van der Waals surface area contributed by atoms with Gasteiger partial charge in [0.25, 0.3) is 0 Å². The quantitative estimate of drug-likeness (QED) is 0.827. The number of carbonyl (C=O) groups is 1. The molecule has 3 nitrogen and oxygen atoms in total. The first-order valence-corrected chi connectivity index (χ1v) is 6.61. The first-order valence-electron chi connectivity index (χ1n) is 6.61. The molecule has 0 aliphatic carbocycles. The number of amides is 1. The van der Waals surface area contributed by atoms with Crippen LogP contribution in [0.15, 0.2) is 30.3 Å². The summed E-state index contributed by atoms with van der Waals surface area (Å²) in [7, 11) is 0. The van der Waals surface area contributed by atoms with Crippen LogP contribution in [0.2, 0.25) is 0 Å². The molecule has 0 saturated heterocycles. The van der Waals surface area contributed by atoms with Crippen LogP contribution in [0.4, 0.5) is 4.79 Å². The number of carbonyl (C=O) groups excluding carboxylic acids is 1. The topological polar surface area (TPSA) is 38.3 Å². The van der Waals surface area contributed by atoms with E-state index in [9.17, 15) is 4.79 Å². The average Bonchev–Trinajstić information content (AvgIpc) is 2.29. The molecule has 1 aromatic carbocycles. The molecule has 0 aromatic heterocycles. The largest absolute Gasteiger partial charge is 0.412 e. The van der Waals surface area contributed by atoms with Crippen molar-refractivity contribution in [1.82, 2.24) is 5.32 Å². The third-order valence-corrected chi connectivity index (χ3v) is 2.74. The lowest BCUT2D eigenvalue weighted by Gasteiger charge is -2.14. The highest BCUT2D eigenvalue weighted by Gasteiger charge is 2.09. The van der Waals surface area contributed by atoms with E-state index in [-0.39, 0.29) is 12.1 Å². The Morgan fingerprint density at radius 3 is 2.44 bits per heavy atom. The van der Waals surface area contributed by atoms with Crippen LogP contribution in [-0.2, 0) is 0 Å². The summed E-state index contributed by atoms with van der Waals surface area (Å²) < 4.78 is 5.16. The molecular formula is C15H23NO2. The van der Waals surface area contributed by atoms with E-state index in [4.69, 9.17) is 4.74 Å². The molecule has 0 aliphatic heterocycles. The fraction of sp³-hybridized carbons (Fsp3) is 0.533.